The first kappa shape index (κ1) is 7.56. The molecule has 2 atom stereocenters. The molecule has 3 rings (SSSR count). The monoisotopic (exact) mass is 177 g/mol. The lowest BCUT2D eigenvalue weighted by atomic mass is 9.87. The molecule has 2 fully saturated rings. The second-order valence-corrected chi connectivity index (χ2v) is 4.73. The van der Waals surface area contributed by atoms with Gasteiger partial charge in [0.15, 0.2) is 0 Å². The predicted octanol–water partition coefficient (Wildman–Crippen LogP) is 1.30. The standard InChI is InChI=1S/C10H15N3/c1-6-9(5-12-13-6)10(11)3-7-2-8(7)4-10/h5,7-8H,2-4,11H2,1H3,(H,12,13). The van der Waals surface area contributed by atoms with Gasteiger partial charge in [-0.3, -0.25) is 5.10 Å². The van der Waals surface area contributed by atoms with Gasteiger partial charge in [-0.1, -0.05) is 0 Å². The van der Waals surface area contributed by atoms with Gasteiger partial charge in [-0.05, 0) is 38.0 Å². The average molecular weight is 177 g/mol. The first-order valence-electron chi connectivity index (χ1n) is 4.98. The SMILES string of the molecule is Cc1[nH]ncc1C1(N)CC2CC2C1. The lowest BCUT2D eigenvalue weighted by molar-refractivity contribution is 0.409. The molecule has 0 aromatic carbocycles. The summed E-state index contributed by atoms with van der Waals surface area (Å²) < 4.78 is 0. The van der Waals surface area contributed by atoms with E-state index >= 15 is 0 Å². The van der Waals surface area contributed by atoms with Crippen LogP contribution in [0.3, 0.4) is 0 Å². The van der Waals surface area contributed by atoms with Gasteiger partial charge in [-0.15, -0.1) is 0 Å². The number of hydrogen-bond acceptors (Lipinski definition) is 2. The Balaban J connectivity index is 1.96. The predicted molar refractivity (Wildman–Crippen MR) is 50.0 cm³/mol. The number of hydrogen-bond donors (Lipinski definition) is 2. The van der Waals surface area contributed by atoms with Gasteiger partial charge < -0.3 is 5.73 Å². The number of fused-ring (bicyclic) bond motifs is 1. The van der Waals surface area contributed by atoms with Gasteiger partial charge in [0.05, 0.1) is 6.20 Å². The zero-order chi connectivity index (χ0) is 9.05. The summed E-state index contributed by atoms with van der Waals surface area (Å²) >= 11 is 0. The number of H-pyrrole nitrogens is 1. The summed E-state index contributed by atoms with van der Waals surface area (Å²) in [5.41, 5.74) is 8.70. The molecule has 1 aromatic heterocycles. The van der Waals surface area contributed by atoms with Crippen molar-refractivity contribution < 1.29 is 0 Å². The average Bonchev–Trinajstić information content (AvgIpc) is 2.54. The molecule has 0 saturated heterocycles. The van der Waals surface area contributed by atoms with E-state index in [0.717, 1.165) is 30.4 Å². The number of rotatable bonds is 1. The second kappa shape index (κ2) is 2.15. The van der Waals surface area contributed by atoms with Crippen LogP contribution in [0.25, 0.3) is 0 Å². The molecule has 2 unspecified atom stereocenters. The van der Waals surface area contributed by atoms with Crippen molar-refractivity contribution >= 4 is 0 Å². The van der Waals surface area contributed by atoms with Crippen LogP contribution in [0.5, 0.6) is 0 Å². The minimum atomic E-state index is -0.0648. The third-order valence-electron chi connectivity index (χ3n) is 3.69. The van der Waals surface area contributed by atoms with Crippen molar-refractivity contribution in [1.29, 1.82) is 0 Å². The number of aromatic amines is 1. The fourth-order valence-corrected chi connectivity index (χ4v) is 2.90. The molecule has 0 bridgehead atoms. The molecule has 13 heavy (non-hydrogen) atoms. The van der Waals surface area contributed by atoms with Gasteiger partial charge in [-0.2, -0.15) is 5.10 Å². The molecular formula is C10H15N3. The maximum Gasteiger partial charge on any atom is 0.0540 e. The number of aromatic nitrogens is 2. The summed E-state index contributed by atoms with van der Waals surface area (Å²) in [6.45, 7) is 2.06. The van der Waals surface area contributed by atoms with Crippen molar-refractivity contribution in [2.75, 3.05) is 0 Å². The third kappa shape index (κ3) is 0.967. The van der Waals surface area contributed by atoms with Crippen LogP contribution in [0.15, 0.2) is 6.20 Å². The topological polar surface area (TPSA) is 54.7 Å². The molecule has 2 saturated carbocycles. The van der Waals surface area contributed by atoms with Gasteiger partial charge in [0.1, 0.15) is 0 Å². The zero-order valence-electron chi connectivity index (χ0n) is 7.88. The highest BCUT2D eigenvalue weighted by molar-refractivity contribution is 5.28. The van der Waals surface area contributed by atoms with Crippen LogP contribution in [-0.4, -0.2) is 10.2 Å². The number of nitrogens with two attached hydrogens (primary N) is 1. The Hall–Kier alpha value is -0.830. The molecule has 70 valence electrons. The van der Waals surface area contributed by atoms with Crippen molar-refractivity contribution in [2.24, 2.45) is 17.6 Å². The highest BCUT2D eigenvalue weighted by Gasteiger charge is 2.53. The Kier molecular flexibility index (Phi) is 1.25. The fourth-order valence-electron chi connectivity index (χ4n) is 2.90. The van der Waals surface area contributed by atoms with Crippen LogP contribution in [-0.2, 0) is 5.54 Å². The molecule has 3 nitrogen and oxygen atoms in total. The smallest absolute Gasteiger partial charge is 0.0540 e. The van der Waals surface area contributed by atoms with Crippen molar-refractivity contribution in [2.45, 2.75) is 31.7 Å². The van der Waals surface area contributed by atoms with E-state index in [2.05, 4.69) is 17.1 Å². The van der Waals surface area contributed by atoms with E-state index in [1.165, 1.54) is 12.0 Å². The molecule has 0 spiro atoms. The van der Waals surface area contributed by atoms with Gasteiger partial charge in [0, 0.05) is 16.8 Å². The summed E-state index contributed by atoms with van der Waals surface area (Å²) in [4.78, 5) is 0. The quantitative estimate of drug-likeness (QED) is 0.679. The molecule has 1 aromatic rings. The molecular weight excluding hydrogens is 162 g/mol. The van der Waals surface area contributed by atoms with Gasteiger partial charge in [-0.25, -0.2) is 0 Å². The molecule has 1 heterocycles. The van der Waals surface area contributed by atoms with Crippen LogP contribution in [0, 0.1) is 18.8 Å². The Labute approximate surface area is 77.7 Å². The molecule has 0 amide bonds. The Morgan fingerprint density at radius 3 is 2.77 bits per heavy atom. The van der Waals surface area contributed by atoms with Crippen LogP contribution >= 0.6 is 0 Å². The highest BCUT2D eigenvalue weighted by Crippen LogP contribution is 2.58. The van der Waals surface area contributed by atoms with Gasteiger partial charge in [0.25, 0.3) is 0 Å². The maximum absolute atomic E-state index is 6.39. The van der Waals surface area contributed by atoms with E-state index < -0.39 is 0 Å². The second-order valence-electron chi connectivity index (χ2n) is 4.73. The third-order valence-corrected chi connectivity index (χ3v) is 3.69. The normalized spacial score (nSPS) is 42.0. The maximum atomic E-state index is 6.39. The summed E-state index contributed by atoms with van der Waals surface area (Å²) in [6, 6.07) is 0. The molecule has 3 N–H and O–H groups in total. The van der Waals surface area contributed by atoms with Gasteiger partial charge in [0.2, 0.25) is 0 Å². The molecule has 0 aliphatic heterocycles. The van der Waals surface area contributed by atoms with Gasteiger partial charge >= 0.3 is 0 Å². The van der Waals surface area contributed by atoms with E-state index in [4.69, 9.17) is 5.73 Å². The number of aryl methyl sites for hydroxylation is 1. The van der Waals surface area contributed by atoms with Crippen LogP contribution in [0.2, 0.25) is 0 Å². The first-order valence-corrected chi connectivity index (χ1v) is 4.98. The van der Waals surface area contributed by atoms with E-state index in [0.29, 0.717) is 0 Å². The summed E-state index contributed by atoms with van der Waals surface area (Å²) in [7, 11) is 0. The van der Waals surface area contributed by atoms with Crippen LogP contribution in [0.4, 0.5) is 0 Å². The zero-order valence-corrected chi connectivity index (χ0v) is 7.88. The molecule has 2 aliphatic carbocycles. The minimum absolute atomic E-state index is 0.0648. The van der Waals surface area contributed by atoms with E-state index in [-0.39, 0.29) is 5.54 Å². The first-order chi connectivity index (χ1) is 6.19. The van der Waals surface area contributed by atoms with Crippen molar-refractivity contribution in [1.82, 2.24) is 10.2 Å². The Bertz CT molecular complexity index is 332. The molecule has 3 heteroatoms. The number of nitrogens with zero attached hydrogens (tertiary/aromatic N) is 1. The van der Waals surface area contributed by atoms with Crippen molar-refractivity contribution in [3.63, 3.8) is 0 Å². The lowest BCUT2D eigenvalue weighted by Crippen LogP contribution is -2.35. The molecule has 2 aliphatic rings. The summed E-state index contributed by atoms with van der Waals surface area (Å²) in [6.07, 6.45) is 5.64. The van der Waals surface area contributed by atoms with E-state index in [9.17, 15) is 0 Å². The summed E-state index contributed by atoms with van der Waals surface area (Å²) in [5.74, 6) is 1.83. The van der Waals surface area contributed by atoms with E-state index in [1.807, 2.05) is 6.20 Å². The minimum Gasteiger partial charge on any atom is -0.321 e. The van der Waals surface area contributed by atoms with Crippen LogP contribution < -0.4 is 5.73 Å². The van der Waals surface area contributed by atoms with Crippen LogP contribution in [0.1, 0.15) is 30.5 Å². The highest BCUT2D eigenvalue weighted by atomic mass is 15.1. The fraction of sp³-hybridized carbons (Fsp3) is 0.700. The van der Waals surface area contributed by atoms with E-state index in [1.54, 1.807) is 0 Å². The largest absolute Gasteiger partial charge is 0.321 e. The Morgan fingerprint density at radius 1 is 1.54 bits per heavy atom. The lowest BCUT2D eigenvalue weighted by Gasteiger charge is -2.25. The van der Waals surface area contributed by atoms with Crippen molar-refractivity contribution in [3.05, 3.63) is 17.5 Å². The molecule has 0 radical (unpaired) electrons. The number of nitrogens with one attached hydrogen (secondary N) is 1. The Morgan fingerprint density at radius 2 is 2.23 bits per heavy atom. The van der Waals surface area contributed by atoms with Crippen molar-refractivity contribution in [3.8, 4) is 0 Å². The summed E-state index contributed by atoms with van der Waals surface area (Å²) in [5, 5.41) is 7.02.